The summed E-state index contributed by atoms with van der Waals surface area (Å²) in [5.74, 6) is 0.0642. The van der Waals surface area contributed by atoms with Crippen molar-refractivity contribution in [1.82, 2.24) is 9.80 Å². The summed E-state index contributed by atoms with van der Waals surface area (Å²) < 4.78 is 0. The lowest BCUT2D eigenvalue weighted by molar-refractivity contribution is 0.0600. The minimum absolute atomic E-state index is 0.0642. The molecule has 0 radical (unpaired) electrons. The van der Waals surface area contributed by atoms with Crippen LogP contribution in [0.4, 0.5) is 0 Å². The summed E-state index contributed by atoms with van der Waals surface area (Å²) >= 11 is 6.05. The van der Waals surface area contributed by atoms with Gasteiger partial charge in [-0.1, -0.05) is 66.2 Å². The molecule has 1 amide bonds. The van der Waals surface area contributed by atoms with E-state index in [9.17, 15) is 4.79 Å². The second-order valence-corrected chi connectivity index (χ2v) is 7.85. The number of hydrogen-bond acceptors (Lipinski definition) is 2. The van der Waals surface area contributed by atoms with Gasteiger partial charge >= 0.3 is 0 Å². The van der Waals surface area contributed by atoms with Gasteiger partial charge in [-0.3, -0.25) is 9.69 Å². The van der Waals surface area contributed by atoms with Crippen molar-refractivity contribution in [1.29, 1.82) is 0 Å². The maximum absolute atomic E-state index is 12.8. The van der Waals surface area contributed by atoms with Crippen LogP contribution in [0.5, 0.6) is 0 Å². The summed E-state index contributed by atoms with van der Waals surface area (Å²) in [4.78, 5) is 17.3. The van der Waals surface area contributed by atoms with Gasteiger partial charge in [0.25, 0.3) is 5.91 Å². The van der Waals surface area contributed by atoms with E-state index in [2.05, 4.69) is 53.4 Å². The molecule has 0 bridgehead atoms. The number of halogens is 1. The number of benzene rings is 3. The van der Waals surface area contributed by atoms with Crippen LogP contribution < -0.4 is 0 Å². The summed E-state index contributed by atoms with van der Waals surface area (Å²) in [7, 11) is 0. The number of carbonyl (C=O) groups excluding carboxylic acids is 1. The smallest absolute Gasteiger partial charge is 0.253 e. The molecule has 2 aliphatic rings. The van der Waals surface area contributed by atoms with Gasteiger partial charge in [0.2, 0.25) is 0 Å². The fourth-order valence-electron chi connectivity index (χ4n) is 4.51. The Labute approximate surface area is 170 Å². The third-order valence-corrected chi connectivity index (χ3v) is 6.07. The van der Waals surface area contributed by atoms with E-state index >= 15 is 0 Å². The average Bonchev–Trinajstić information content (AvgIpc) is 3.08. The monoisotopic (exact) mass is 388 g/mol. The number of amides is 1. The first-order valence-electron chi connectivity index (χ1n) is 9.69. The molecule has 0 saturated carbocycles. The molecule has 1 heterocycles. The molecule has 140 valence electrons. The van der Waals surface area contributed by atoms with E-state index in [1.807, 2.05) is 17.0 Å². The van der Waals surface area contributed by atoms with Crippen LogP contribution in [0.25, 0.3) is 11.1 Å². The summed E-state index contributed by atoms with van der Waals surface area (Å²) in [6.45, 7) is 3.18. The van der Waals surface area contributed by atoms with E-state index in [1.54, 1.807) is 12.1 Å². The van der Waals surface area contributed by atoms with Gasteiger partial charge < -0.3 is 4.90 Å². The van der Waals surface area contributed by atoms with Crippen LogP contribution in [0, 0.1) is 0 Å². The van der Waals surface area contributed by atoms with Crippen molar-refractivity contribution < 1.29 is 4.79 Å². The first-order valence-corrected chi connectivity index (χ1v) is 10.1. The van der Waals surface area contributed by atoms with Gasteiger partial charge in [-0.05, 0) is 40.5 Å². The van der Waals surface area contributed by atoms with Gasteiger partial charge in [-0.25, -0.2) is 0 Å². The quantitative estimate of drug-likeness (QED) is 0.625. The van der Waals surface area contributed by atoms with Crippen molar-refractivity contribution >= 4 is 17.5 Å². The second kappa shape index (κ2) is 7.08. The minimum Gasteiger partial charge on any atom is -0.336 e. The molecule has 1 aliphatic heterocycles. The Balaban J connectivity index is 1.37. The molecular formula is C24H21ClN2O. The largest absolute Gasteiger partial charge is 0.336 e. The van der Waals surface area contributed by atoms with E-state index in [-0.39, 0.29) is 11.9 Å². The number of piperazine rings is 1. The first kappa shape index (κ1) is 17.5. The molecule has 0 atom stereocenters. The number of nitrogens with zero attached hydrogens (tertiary/aromatic N) is 2. The van der Waals surface area contributed by atoms with Crippen LogP contribution in [0.2, 0.25) is 5.02 Å². The van der Waals surface area contributed by atoms with Gasteiger partial charge in [-0.15, -0.1) is 0 Å². The van der Waals surface area contributed by atoms with Gasteiger partial charge in [0.15, 0.2) is 0 Å². The molecule has 1 aliphatic carbocycles. The van der Waals surface area contributed by atoms with Crippen molar-refractivity contribution in [2.24, 2.45) is 0 Å². The highest BCUT2D eigenvalue weighted by Gasteiger charge is 2.34. The highest BCUT2D eigenvalue weighted by atomic mass is 35.5. The number of fused-ring (bicyclic) bond motifs is 3. The van der Waals surface area contributed by atoms with E-state index in [0.717, 1.165) is 26.2 Å². The molecule has 0 unspecified atom stereocenters. The average molecular weight is 389 g/mol. The van der Waals surface area contributed by atoms with Crippen LogP contribution in [0.3, 0.4) is 0 Å². The molecular weight excluding hydrogens is 368 g/mol. The van der Waals surface area contributed by atoms with Crippen LogP contribution in [-0.4, -0.2) is 41.9 Å². The Morgan fingerprint density at radius 2 is 1.39 bits per heavy atom. The molecule has 5 rings (SSSR count). The van der Waals surface area contributed by atoms with Crippen LogP contribution in [-0.2, 0) is 0 Å². The maximum atomic E-state index is 12.8. The SMILES string of the molecule is O=C(c1cccc(Cl)c1)N1CCN(C2c3ccccc3-c3ccccc32)CC1. The molecule has 3 aromatic rings. The standard InChI is InChI=1S/C24H21ClN2O/c25-18-7-5-6-17(16-18)24(28)27-14-12-26(13-15-27)23-21-10-3-1-8-19(21)20-9-2-4-11-22(20)23/h1-11,16,23H,12-15H2. The fraction of sp³-hybridized carbons (Fsp3) is 0.208. The predicted molar refractivity (Wildman–Crippen MR) is 113 cm³/mol. The van der Waals surface area contributed by atoms with Crippen molar-refractivity contribution in [3.8, 4) is 11.1 Å². The molecule has 4 heteroatoms. The highest BCUT2D eigenvalue weighted by Crippen LogP contribution is 2.46. The third-order valence-electron chi connectivity index (χ3n) is 5.84. The van der Waals surface area contributed by atoms with Crippen molar-refractivity contribution in [2.45, 2.75) is 6.04 Å². The maximum Gasteiger partial charge on any atom is 0.253 e. The molecule has 0 N–H and O–H groups in total. The summed E-state index contributed by atoms with van der Waals surface area (Å²) in [5.41, 5.74) is 6.08. The van der Waals surface area contributed by atoms with E-state index in [1.165, 1.54) is 22.3 Å². The lowest BCUT2D eigenvalue weighted by Crippen LogP contribution is -2.49. The zero-order valence-electron chi connectivity index (χ0n) is 15.5. The molecule has 3 nitrogen and oxygen atoms in total. The molecule has 1 fully saturated rings. The Morgan fingerprint density at radius 3 is 2.00 bits per heavy atom. The third kappa shape index (κ3) is 2.92. The first-order chi connectivity index (χ1) is 13.7. The van der Waals surface area contributed by atoms with Crippen LogP contribution >= 0.6 is 11.6 Å². The second-order valence-electron chi connectivity index (χ2n) is 7.42. The lowest BCUT2D eigenvalue weighted by atomic mass is 10.0. The molecule has 28 heavy (non-hydrogen) atoms. The van der Waals surface area contributed by atoms with E-state index in [4.69, 9.17) is 11.6 Å². The number of hydrogen-bond donors (Lipinski definition) is 0. The summed E-state index contributed by atoms with van der Waals surface area (Å²) in [6, 6.07) is 24.9. The van der Waals surface area contributed by atoms with E-state index in [0.29, 0.717) is 10.6 Å². The Morgan fingerprint density at radius 1 is 0.786 bits per heavy atom. The zero-order valence-corrected chi connectivity index (χ0v) is 16.3. The normalized spacial score (nSPS) is 16.7. The molecule has 0 aromatic heterocycles. The van der Waals surface area contributed by atoms with Gasteiger partial charge in [0.1, 0.15) is 0 Å². The summed E-state index contributed by atoms with van der Waals surface area (Å²) in [6.07, 6.45) is 0. The lowest BCUT2D eigenvalue weighted by Gasteiger charge is -2.38. The fourth-order valence-corrected chi connectivity index (χ4v) is 4.70. The summed E-state index contributed by atoms with van der Waals surface area (Å²) in [5, 5.41) is 0.601. The van der Waals surface area contributed by atoms with Crippen molar-refractivity contribution in [2.75, 3.05) is 26.2 Å². The minimum atomic E-state index is 0.0642. The van der Waals surface area contributed by atoms with Gasteiger partial charge in [-0.2, -0.15) is 0 Å². The van der Waals surface area contributed by atoms with Gasteiger partial charge in [0, 0.05) is 36.8 Å². The topological polar surface area (TPSA) is 23.6 Å². The zero-order chi connectivity index (χ0) is 19.1. The Bertz CT molecular complexity index is 995. The number of carbonyl (C=O) groups is 1. The molecule has 3 aromatic carbocycles. The predicted octanol–water partition coefficient (Wildman–Crippen LogP) is 4.87. The van der Waals surface area contributed by atoms with Gasteiger partial charge in [0.05, 0.1) is 6.04 Å². The molecule has 0 spiro atoms. The van der Waals surface area contributed by atoms with Crippen LogP contribution in [0.1, 0.15) is 27.5 Å². The Hall–Kier alpha value is -2.62. The van der Waals surface area contributed by atoms with Crippen LogP contribution in [0.15, 0.2) is 72.8 Å². The van der Waals surface area contributed by atoms with E-state index < -0.39 is 0 Å². The van der Waals surface area contributed by atoms with Crippen molar-refractivity contribution in [3.05, 3.63) is 94.5 Å². The Kier molecular flexibility index (Phi) is 4.42. The highest BCUT2D eigenvalue weighted by molar-refractivity contribution is 6.30. The number of rotatable bonds is 2. The van der Waals surface area contributed by atoms with Crippen molar-refractivity contribution in [3.63, 3.8) is 0 Å². The molecule has 1 saturated heterocycles.